The van der Waals surface area contributed by atoms with E-state index >= 15 is 0 Å². The first-order valence-electron chi connectivity index (χ1n) is 9.53. The summed E-state index contributed by atoms with van der Waals surface area (Å²) in [5.74, 6) is -2.21. The van der Waals surface area contributed by atoms with Gasteiger partial charge in [-0.1, -0.05) is 36.4 Å². The Kier molecular flexibility index (Phi) is 4.11. The smallest absolute Gasteiger partial charge is 0.262 e. The van der Waals surface area contributed by atoms with Crippen LogP contribution in [0.25, 0.3) is 0 Å². The molecule has 0 unspecified atom stereocenters. The summed E-state index contributed by atoms with van der Waals surface area (Å²) in [6.45, 7) is -0.459. The van der Waals surface area contributed by atoms with Crippen molar-refractivity contribution < 1.29 is 24.0 Å². The van der Waals surface area contributed by atoms with E-state index in [1.807, 2.05) is 0 Å². The second kappa shape index (κ2) is 6.84. The Labute approximate surface area is 176 Å². The van der Waals surface area contributed by atoms with Crippen LogP contribution in [0.3, 0.4) is 0 Å². The lowest BCUT2D eigenvalue weighted by molar-refractivity contribution is -0.116. The molecule has 7 nitrogen and oxygen atoms in total. The summed E-state index contributed by atoms with van der Waals surface area (Å²) in [4.78, 5) is 63.7. The molecular formula is C24H14N2O5. The highest BCUT2D eigenvalue weighted by atomic mass is 16.2. The van der Waals surface area contributed by atoms with Gasteiger partial charge in [-0.2, -0.15) is 0 Å². The lowest BCUT2D eigenvalue weighted by atomic mass is 9.84. The van der Waals surface area contributed by atoms with Crippen LogP contribution in [0.5, 0.6) is 0 Å². The fourth-order valence-electron chi connectivity index (χ4n) is 3.90. The van der Waals surface area contributed by atoms with E-state index in [0.29, 0.717) is 16.8 Å². The molecule has 3 aromatic rings. The summed E-state index contributed by atoms with van der Waals surface area (Å²) in [5.41, 5.74) is 1.94. The highest BCUT2D eigenvalue weighted by molar-refractivity contribution is 6.28. The molecular weight excluding hydrogens is 396 g/mol. The number of hydrogen-bond donors (Lipinski definition) is 1. The van der Waals surface area contributed by atoms with Crippen LogP contribution >= 0.6 is 0 Å². The van der Waals surface area contributed by atoms with Gasteiger partial charge in [0.25, 0.3) is 11.8 Å². The Morgan fingerprint density at radius 2 is 1.13 bits per heavy atom. The number of nitrogens with zero attached hydrogens (tertiary/aromatic N) is 1. The summed E-state index contributed by atoms with van der Waals surface area (Å²) >= 11 is 0. The Balaban J connectivity index is 1.37. The largest absolute Gasteiger partial charge is 0.325 e. The minimum absolute atomic E-state index is 0.197. The van der Waals surface area contributed by atoms with Crippen molar-refractivity contribution in [3.8, 4) is 0 Å². The molecule has 0 aromatic heterocycles. The first kappa shape index (κ1) is 18.6. The van der Waals surface area contributed by atoms with Gasteiger partial charge in [0.15, 0.2) is 11.6 Å². The molecule has 2 aliphatic rings. The van der Waals surface area contributed by atoms with E-state index < -0.39 is 24.3 Å². The van der Waals surface area contributed by atoms with E-state index in [2.05, 4.69) is 5.32 Å². The molecule has 3 aromatic carbocycles. The van der Waals surface area contributed by atoms with Crippen molar-refractivity contribution >= 4 is 35.0 Å². The maximum absolute atomic E-state index is 12.8. The number of imide groups is 1. The van der Waals surface area contributed by atoms with Gasteiger partial charge in [-0.15, -0.1) is 0 Å². The van der Waals surface area contributed by atoms with Gasteiger partial charge in [0.2, 0.25) is 5.91 Å². The van der Waals surface area contributed by atoms with E-state index in [1.54, 1.807) is 36.4 Å². The molecule has 1 aliphatic carbocycles. The fraction of sp³-hybridized carbons (Fsp3) is 0.0417. The quantitative estimate of drug-likeness (QED) is 0.524. The molecule has 0 saturated heterocycles. The number of nitrogens with one attached hydrogen (secondary N) is 1. The zero-order valence-corrected chi connectivity index (χ0v) is 16.0. The van der Waals surface area contributed by atoms with Gasteiger partial charge < -0.3 is 5.32 Å². The lowest BCUT2D eigenvalue weighted by Crippen LogP contribution is -2.37. The molecule has 1 N–H and O–H groups in total. The van der Waals surface area contributed by atoms with Crippen molar-refractivity contribution in [3.05, 3.63) is 100 Å². The van der Waals surface area contributed by atoms with E-state index in [-0.39, 0.29) is 33.8 Å². The van der Waals surface area contributed by atoms with Crippen LogP contribution in [0.1, 0.15) is 52.6 Å². The second-order valence-electron chi connectivity index (χ2n) is 7.25. The zero-order chi connectivity index (χ0) is 21.7. The summed E-state index contributed by atoms with van der Waals surface area (Å²) in [5, 5.41) is 2.60. The molecule has 7 heteroatoms. The average Bonchev–Trinajstić information content (AvgIpc) is 3.02. The zero-order valence-electron chi connectivity index (χ0n) is 16.0. The van der Waals surface area contributed by atoms with E-state index in [4.69, 9.17) is 0 Å². The van der Waals surface area contributed by atoms with Gasteiger partial charge in [0, 0.05) is 27.9 Å². The number of carbonyl (C=O) groups excluding carboxylic acids is 5. The molecule has 5 rings (SSSR count). The van der Waals surface area contributed by atoms with E-state index in [9.17, 15) is 24.0 Å². The monoisotopic (exact) mass is 410 g/mol. The van der Waals surface area contributed by atoms with E-state index in [0.717, 1.165) is 4.90 Å². The summed E-state index contributed by atoms with van der Waals surface area (Å²) in [6.07, 6.45) is 0. The number of carbonyl (C=O) groups is 5. The molecule has 0 saturated carbocycles. The Bertz CT molecular complexity index is 1310. The van der Waals surface area contributed by atoms with Crippen LogP contribution in [0.4, 0.5) is 5.69 Å². The third kappa shape index (κ3) is 2.86. The lowest BCUT2D eigenvalue weighted by Gasteiger charge is -2.18. The first-order valence-corrected chi connectivity index (χ1v) is 9.53. The topological polar surface area (TPSA) is 101 Å². The van der Waals surface area contributed by atoms with Gasteiger partial charge in [-0.05, 0) is 30.3 Å². The SMILES string of the molecule is O=C(CN1C(=O)c2ccccc2C1=O)Nc1ccc2c(c1)C(=O)c1ccccc1C2=O. The summed E-state index contributed by atoms with van der Waals surface area (Å²) < 4.78 is 0. The van der Waals surface area contributed by atoms with Crippen molar-refractivity contribution in [1.82, 2.24) is 4.90 Å². The molecule has 0 atom stereocenters. The Morgan fingerprint density at radius 3 is 1.71 bits per heavy atom. The fourth-order valence-corrected chi connectivity index (χ4v) is 3.90. The van der Waals surface area contributed by atoms with Gasteiger partial charge in [0.1, 0.15) is 6.54 Å². The van der Waals surface area contributed by atoms with Gasteiger partial charge in [-0.25, -0.2) is 0 Å². The Morgan fingerprint density at radius 1 is 0.645 bits per heavy atom. The van der Waals surface area contributed by atoms with Crippen LogP contribution < -0.4 is 5.32 Å². The first-order chi connectivity index (χ1) is 15.0. The molecule has 0 fully saturated rings. The van der Waals surface area contributed by atoms with Gasteiger partial charge >= 0.3 is 0 Å². The predicted octanol–water partition coefficient (Wildman–Crippen LogP) is 2.70. The molecule has 31 heavy (non-hydrogen) atoms. The molecule has 1 heterocycles. The van der Waals surface area contributed by atoms with Gasteiger partial charge in [-0.3, -0.25) is 28.9 Å². The normalized spacial score (nSPS) is 14.3. The third-order valence-corrected chi connectivity index (χ3v) is 5.39. The van der Waals surface area contributed by atoms with Crippen LogP contribution in [-0.4, -0.2) is 40.7 Å². The Hall–Kier alpha value is -4.39. The van der Waals surface area contributed by atoms with Crippen LogP contribution in [0.15, 0.2) is 66.7 Å². The van der Waals surface area contributed by atoms with Crippen molar-refractivity contribution in [2.45, 2.75) is 0 Å². The highest BCUT2D eigenvalue weighted by Crippen LogP contribution is 2.29. The second-order valence-corrected chi connectivity index (χ2v) is 7.25. The average molecular weight is 410 g/mol. The molecule has 0 bridgehead atoms. The minimum atomic E-state index is -0.593. The standard InChI is InChI=1S/C24H14N2O5/c27-20(12-26-23(30)17-7-3-4-8-18(17)24(26)31)25-13-9-10-16-19(11-13)22(29)15-6-2-1-5-14(15)21(16)28/h1-11H,12H2,(H,25,27). The number of benzene rings is 3. The van der Waals surface area contributed by atoms with Crippen molar-refractivity contribution in [2.24, 2.45) is 0 Å². The molecule has 0 spiro atoms. The van der Waals surface area contributed by atoms with Crippen molar-refractivity contribution in [1.29, 1.82) is 0 Å². The van der Waals surface area contributed by atoms with Crippen molar-refractivity contribution in [2.75, 3.05) is 11.9 Å². The number of hydrogen-bond acceptors (Lipinski definition) is 5. The number of fused-ring (bicyclic) bond motifs is 3. The summed E-state index contributed by atoms with van der Waals surface area (Å²) in [6, 6.07) is 17.4. The third-order valence-electron chi connectivity index (χ3n) is 5.39. The van der Waals surface area contributed by atoms with Gasteiger partial charge in [0.05, 0.1) is 11.1 Å². The maximum Gasteiger partial charge on any atom is 0.262 e. The van der Waals surface area contributed by atoms with Crippen molar-refractivity contribution in [3.63, 3.8) is 0 Å². The predicted molar refractivity (Wildman–Crippen MR) is 110 cm³/mol. The summed E-state index contributed by atoms with van der Waals surface area (Å²) in [7, 11) is 0. The molecule has 1 aliphatic heterocycles. The number of amides is 3. The number of rotatable bonds is 3. The maximum atomic E-state index is 12.8. The highest BCUT2D eigenvalue weighted by Gasteiger charge is 2.36. The molecule has 3 amide bonds. The number of anilines is 1. The van der Waals surface area contributed by atoms with Crippen LogP contribution in [0, 0.1) is 0 Å². The van der Waals surface area contributed by atoms with Crippen LogP contribution in [-0.2, 0) is 4.79 Å². The van der Waals surface area contributed by atoms with E-state index in [1.165, 1.54) is 30.3 Å². The molecule has 0 radical (unpaired) electrons. The van der Waals surface area contributed by atoms with Crippen LogP contribution in [0.2, 0.25) is 0 Å². The molecule has 150 valence electrons. The number of ketones is 2. The minimum Gasteiger partial charge on any atom is -0.325 e.